The third kappa shape index (κ3) is 3.53. The number of benzene rings is 2. The standard InChI is InChI=1S/C23H16ClFN2O4/c1-31-18-5-3-2-4-15(18)21(28)19-20(13-8-10-26-11-9-13)27(23(30)22(19)29)14-6-7-17(25)16(24)12-14/h2-12,20,28H,1H3/b21-19+. The van der Waals surface area contributed by atoms with E-state index in [4.69, 9.17) is 16.3 Å². The number of nitrogens with zero attached hydrogens (tertiary/aromatic N) is 2. The number of anilines is 1. The summed E-state index contributed by atoms with van der Waals surface area (Å²) in [5, 5.41) is 10.9. The van der Waals surface area contributed by atoms with E-state index in [-0.39, 0.29) is 27.6 Å². The third-order valence-corrected chi connectivity index (χ3v) is 5.30. The first-order valence-electron chi connectivity index (χ1n) is 9.23. The number of aliphatic hydroxyl groups is 1. The predicted octanol–water partition coefficient (Wildman–Crippen LogP) is 4.51. The Kier molecular flexibility index (Phi) is 5.44. The zero-order valence-electron chi connectivity index (χ0n) is 16.3. The van der Waals surface area contributed by atoms with Gasteiger partial charge in [0.1, 0.15) is 17.3 Å². The molecule has 156 valence electrons. The molecule has 2 heterocycles. The Bertz CT molecular complexity index is 1210. The number of para-hydroxylation sites is 1. The van der Waals surface area contributed by atoms with Gasteiger partial charge in [0.2, 0.25) is 0 Å². The molecule has 1 saturated heterocycles. The Morgan fingerprint density at radius 3 is 2.52 bits per heavy atom. The van der Waals surface area contributed by atoms with Crippen LogP contribution in [-0.2, 0) is 9.59 Å². The van der Waals surface area contributed by atoms with Crippen LogP contribution in [0.4, 0.5) is 10.1 Å². The molecule has 1 N–H and O–H groups in total. The fraction of sp³-hybridized carbons (Fsp3) is 0.0870. The van der Waals surface area contributed by atoms with E-state index in [1.54, 1.807) is 36.4 Å². The van der Waals surface area contributed by atoms with E-state index >= 15 is 0 Å². The molecular formula is C23H16ClFN2O4. The number of methoxy groups -OCH3 is 1. The van der Waals surface area contributed by atoms with Crippen molar-refractivity contribution >= 4 is 34.7 Å². The van der Waals surface area contributed by atoms with Gasteiger partial charge in [-0.2, -0.15) is 0 Å². The molecule has 0 aliphatic carbocycles. The lowest BCUT2D eigenvalue weighted by Gasteiger charge is -2.25. The fourth-order valence-corrected chi connectivity index (χ4v) is 3.76. The molecule has 1 amide bonds. The van der Waals surface area contributed by atoms with E-state index in [9.17, 15) is 19.1 Å². The number of rotatable bonds is 4. The number of aliphatic hydroxyl groups excluding tert-OH is 1. The van der Waals surface area contributed by atoms with Gasteiger partial charge in [-0.15, -0.1) is 0 Å². The van der Waals surface area contributed by atoms with Gasteiger partial charge in [-0.1, -0.05) is 23.7 Å². The maximum Gasteiger partial charge on any atom is 0.300 e. The van der Waals surface area contributed by atoms with Crippen LogP contribution in [0.3, 0.4) is 0 Å². The van der Waals surface area contributed by atoms with Gasteiger partial charge in [0.15, 0.2) is 0 Å². The number of ether oxygens (including phenoxy) is 1. The van der Waals surface area contributed by atoms with Gasteiger partial charge in [0, 0.05) is 18.1 Å². The molecule has 1 atom stereocenters. The highest BCUT2D eigenvalue weighted by molar-refractivity contribution is 6.51. The maximum atomic E-state index is 13.7. The summed E-state index contributed by atoms with van der Waals surface area (Å²) < 4.78 is 19.0. The number of ketones is 1. The summed E-state index contributed by atoms with van der Waals surface area (Å²) >= 11 is 5.92. The molecule has 1 aromatic heterocycles. The van der Waals surface area contributed by atoms with Gasteiger partial charge in [-0.25, -0.2) is 4.39 Å². The van der Waals surface area contributed by atoms with Gasteiger partial charge < -0.3 is 9.84 Å². The van der Waals surface area contributed by atoms with Crippen LogP contribution in [0.25, 0.3) is 5.76 Å². The SMILES string of the molecule is COc1ccccc1/C(O)=C1\C(=O)C(=O)N(c2ccc(F)c(Cl)c2)C1c1ccncc1. The largest absolute Gasteiger partial charge is 0.507 e. The van der Waals surface area contributed by atoms with Gasteiger partial charge >= 0.3 is 0 Å². The van der Waals surface area contributed by atoms with Gasteiger partial charge in [-0.05, 0) is 48.0 Å². The van der Waals surface area contributed by atoms with Crippen LogP contribution < -0.4 is 9.64 Å². The average Bonchev–Trinajstić information content (AvgIpc) is 3.06. The first-order chi connectivity index (χ1) is 14.9. The topological polar surface area (TPSA) is 79.7 Å². The second-order valence-corrected chi connectivity index (χ2v) is 7.16. The second-order valence-electron chi connectivity index (χ2n) is 6.75. The summed E-state index contributed by atoms with van der Waals surface area (Å²) in [6.07, 6.45) is 3.02. The van der Waals surface area contributed by atoms with Crippen LogP contribution in [0.1, 0.15) is 17.2 Å². The Balaban J connectivity index is 1.97. The third-order valence-electron chi connectivity index (χ3n) is 5.01. The first kappa shape index (κ1) is 20.6. The van der Waals surface area contributed by atoms with Crippen molar-refractivity contribution in [1.82, 2.24) is 4.98 Å². The molecule has 2 aromatic carbocycles. The molecule has 1 aliphatic rings. The number of halogens is 2. The molecule has 0 bridgehead atoms. The molecule has 0 radical (unpaired) electrons. The number of Topliss-reactive ketones (excluding diaryl/α,β-unsaturated/α-hetero) is 1. The summed E-state index contributed by atoms with van der Waals surface area (Å²) in [7, 11) is 1.44. The smallest absolute Gasteiger partial charge is 0.300 e. The minimum absolute atomic E-state index is 0.124. The zero-order chi connectivity index (χ0) is 22.1. The van der Waals surface area contributed by atoms with Crippen LogP contribution in [-0.4, -0.2) is 28.9 Å². The number of carbonyl (C=O) groups is 2. The number of amides is 1. The second kappa shape index (κ2) is 8.20. The van der Waals surface area contributed by atoms with Crippen molar-refractivity contribution in [1.29, 1.82) is 0 Å². The Labute approximate surface area is 182 Å². The highest BCUT2D eigenvalue weighted by atomic mass is 35.5. The van der Waals surface area contributed by atoms with Crippen LogP contribution >= 0.6 is 11.6 Å². The number of carbonyl (C=O) groups excluding carboxylic acids is 2. The number of hydrogen-bond donors (Lipinski definition) is 1. The Morgan fingerprint density at radius 2 is 1.84 bits per heavy atom. The summed E-state index contributed by atoms with van der Waals surface area (Å²) in [6, 6.07) is 12.6. The van der Waals surface area contributed by atoms with E-state index in [1.165, 1.54) is 36.5 Å². The van der Waals surface area contributed by atoms with E-state index in [2.05, 4.69) is 4.98 Å². The first-order valence-corrected chi connectivity index (χ1v) is 9.61. The van der Waals surface area contributed by atoms with Gasteiger partial charge in [0.05, 0.1) is 29.3 Å². The summed E-state index contributed by atoms with van der Waals surface area (Å²) in [5.74, 6) is -2.46. The Hall–Kier alpha value is -3.71. The number of pyridine rings is 1. The number of aromatic nitrogens is 1. The molecule has 31 heavy (non-hydrogen) atoms. The average molecular weight is 439 g/mol. The molecule has 6 nitrogen and oxygen atoms in total. The van der Waals surface area contributed by atoms with E-state index in [1.807, 2.05) is 0 Å². The van der Waals surface area contributed by atoms with Crippen molar-refractivity contribution in [3.05, 3.63) is 94.5 Å². The quantitative estimate of drug-likeness (QED) is 0.368. The predicted molar refractivity (Wildman–Crippen MR) is 113 cm³/mol. The number of hydrogen-bond acceptors (Lipinski definition) is 5. The van der Waals surface area contributed by atoms with Crippen LogP contribution in [0, 0.1) is 5.82 Å². The van der Waals surface area contributed by atoms with Crippen molar-refractivity contribution in [2.75, 3.05) is 12.0 Å². The van der Waals surface area contributed by atoms with E-state index < -0.39 is 23.5 Å². The lowest BCUT2D eigenvalue weighted by atomic mass is 9.95. The molecule has 0 saturated carbocycles. The zero-order valence-corrected chi connectivity index (χ0v) is 17.0. The molecule has 1 aliphatic heterocycles. The lowest BCUT2D eigenvalue weighted by Crippen LogP contribution is -2.29. The minimum atomic E-state index is -0.977. The van der Waals surface area contributed by atoms with Crippen molar-refractivity contribution in [2.45, 2.75) is 6.04 Å². The lowest BCUT2D eigenvalue weighted by molar-refractivity contribution is -0.132. The monoisotopic (exact) mass is 438 g/mol. The Morgan fingerprint density at radius 1 is 1.13 bits per heavy atom. The summed E-state index contributed by atoms with van der Waals surface area (Å²) in [6.45, 7) is 0. The van der Waals surface area contributed by atoms with Crippen molar-refractivity contribution in [2.24, 2.45) is 0 Å². The summed E-state index contributed by atoms with van der Waals surface area (Å²) in [4.78, 5) is 31.3. The summed E-state index contributed by atoms with van der Waals surface area (Å²) in [5.41, 5.74) is 0.890. The van der Waals surface area contributed by atoms with Crippen molar-refractivity contribution < 1.29 is 23.8 Å². The molecule has 8 heteroatoms. The molecule has 3 aromatic rings. The van der Waals surface area contributed by atoms with Crippen molar-refractivity contribution in [3.8, 4) is 5.75 Å². The molecule has 1 unspecified atom stereocenters. The maximum absolute atomic E-state index is 13.7. The van der Waals surface area contributed by atoms with Gasteiger partial charge in [0.25, 0.3) is 11.7 Å². The normalized spacial score (nSPS) is 17.8. The highest BCUT2D eigenvalue weighted by Crippen LogP contribution is 2.43. The van der Waals surface area contributed by atoms with Crippen LogP contribution in [0.15, 0.2) is 72.6 Å². The molecule has 1 fully saturated rings. The van der Waals surface area contributed by atoms with Crippen LogP contribution in [0.5, 0.6) is 5.75 Å². The van der Waals surface area contributed by atoms with E-state index in [0.717, 1.165) is 6.07 Å². The minimum Gasteiger partial charge on any atom is -0.507 e. The van der Waals surface area contributed by atoms with Crippen molar-refractivity contribution in [3.63, 3.8) is 0 Å². The molecular weight excluding hydrogens is 423 g/mol. The van der Waals surface area contributed by atoms with E-state index in [0.29, 0.717) is 11.3 Å². The van der Waals surface area contributed by atoms with Gasteiger partial charge in [-0.3, -0.25) is 19.5 Å². The molecule has 0 spiro atoms. The molecule has 4 rings (SSSR count). The van der Waals surface area contributed by atoms with Crippen LogP contribution in [0.2, 0.25) is 5.02 Å². The fourth-order valence-electron chi connectivity index (χ4n) is 3.58. The highest BCUT2D eigenvalue weighted by Gasteiger charge is 2.47.